The van der Waals surface area contributed by atoms with Crippen molar-refractivity contribution in [3.05, 3.63) is 23.8 Å². The number of piperidine rings is 1. The molecule has 1 aliphatic heterocycles. The number of ketones is 1. The van der Waals surface area contributed by atoms with Crippen molar-refractivity contribution in [2.45, 2.75) is 39.2 Å². The Bertz CT molecular complexity index is 746. The first kappa shape index (κ1) is 22.5. The van der Waals surface area contributed by atoms with Crippen LogP contribution in [0.15, 0.2) is 18.2 Å². The zero-order valence-corrected chi connectivity index (χ0v) is 17.6. The molecule has 0 atom stereocenters. The zero-order chi connectivity index (χ0) is 21.6. The van der Waals surface area contributed by atoms with Crippen LogP contribution in [0.4, 0.5) is 4.79 Å². The Hall–Kier alpha value is -2.77. The first-order valence-electron chi connectivity index (χ1n) is 9.54. The minimum absolute atomic E-state index is 0.328. The number of nitrogens with zero attached hydrogens (tertiary/aromatic N) is 1. The van der Waals surface area contributed by atoms with Gasteiger partial charge in [-0.15, -0.1) is 0 Å². The second kappa shape index (κ2) is 9.62. The van der Waals surface area contributed by atoms with Crippen LogP contribution in [0.3, 0.4) is 0 Å². The van der Waals surface area contributed by atoms with Gasteiger partial charge in [-0.05, 0) is 51.8 Å². The standard InChI is InChI=1S/C21H29NO7/c1-21(2,3)29-20(25)22-10-8-14(9-11-22)19(24)28-13-16(23)15-6-7-17(26-4)18(12-15)27-5/h6-7,12,14H,8-11,13H2,1-5H3. The largest absolute Gasteiger partial charge is 0.493 e. The van der Waals surface area contributed by atoms with Gasteiger partial charge in [0.2, 0.25) is 0 Å². The maximum Gasteiger partial charge on any atom is 0.410 e. The maximum absolute atomic E-state index is 12.3. The topological polar surface area (TPSA) is 91.4 Å². The van der Waals surface area contributed by atoms with E-state index >= 15 is 0 Å². The number of carbonyl (C=O) groups excluding carboxylic acids is 3. The zero-order valence-electron chi connectivity index (χ0n) is 17.6. The summed E-state index contributed by atoms with van der Waals surface area (Å²) in [6.45, 7) is 5.91. The number of ether oxygens (including phenoxy) is 4. The Labute approximate surface area is 171 Å². The monoisotopic (exact) mass is 407 g/mol. The fourth-order valence-corrected chi connectivity index (χ4v) is 2.97. The van der Waals surface area contributed by atoms with Crippen LogP contribution in [0.5, 0.6) is 11.5 Å². The first-order chi connectivity index (χ1) is 13.6. The molecule has 0 unspecified atom stereocenters. The van der Waals surface area contributed by atoms with Gasteiger partial charge in [0.25, 0.3) is 0 Å². The van der Waals surface area contributed by atoms with Crippen LogP contribution in [-0.2, 0) is 14.3 Å². The van der Waals surface area contributed by atoms with Gasteiger partial charge < -0.3 is 23.8 Å². The summed E-state index contributed by atoms with van der Waals surface area (Å²) in [5.74, 6) is -0.156. The summed E-state index contributed by atoms with van der Waals surface area (Å²) in [6.07, 6.45) is 0.568. The quantitative estimate of drug-likeness (QED) is 0.529. The second-order valence-electron chi connectivity index (χ2n) is 7.84. The third-order valence-electron chi connectivity index (χ3n) is 4.53. The van der Waals surface area contributed by atoms with Gasteiger partial charge in [-0.2, -0.15) is 0 Å². The average Bonchev–Trinajstić information content (AvgIpc) is 2.70. The molecule has 1 saturated heterocycles. The van der Waals surface area contributed by atoms with E-state index in [1.807, 2.05) is 20.8 Å². The lowest BCUT2D eigenvalue weighted by molar-refractivity contribution is -0.149. The molecule has 1 fully saturated rings. The van der Waals surface area contributed by atoms with Gasteiger partial charge in [-0.1, -0.05) is 0 Å². The van der Waals surface area contributed by atoms with E-state index < -0.39 is 11.6 Å². The molecular formula is C21H29NO7. The van der Waals surface area contributed by atoms with Crippen LogP contribution >= 0.6 is 0 Å². The summed E-state index contributed by atoms with van der Waals surface area (Å²) in [6, 6.07) is 4.77. The van der Waals surface area contributed by atoms with Crippen molar-refractivity contribution in [3.8, 4) is 11.5 Å². The fraction of sp³-hybridized carbons (Fsp3) is 0.571. The number of hydrogen-bond donors (Lipinski definition) is 0. The summed E-state index contributed by atoms with van der Waals surface area (Å²) >= 11 is 0. The predicted octanol–water partition coefficient (Wildman–Crippen LogP) is 3.08. The SMILES string of the molecule is COc1ccc(C(=O)COC(=O)C2CCN(C(=O)OC(C)(C)C)CC2)cc1OC. The molecule has 160 valence electrons. The van der Waals surface area contributed by atoms with Gasteiger partial charge in [-0.25, -0.2) is 4.79 Å². The highest BCUT2D eigenvalue weighted by Gasteiger charge is 2.31. The van der Waals surface area contributed by atoms with Gasteiger partial charge in [0, 0.05) is 18.7 Å². The predicted molar refractivity (Wildman–Crippen MR) is 105 cm³/mol. The highest BCUT2D eigenvalue weighted by Crippen LogP contribution is 2.28. The van der Waals surface area contributed by atoms with Gasteiger partial charge in [0.1, 0.15) is 5.60 Å². The van der Waals surface area contributed by atoms with Crippen LogP contribution in [0.2, 0.25) is 0 Å². The molecule has 2 rings (SSSR count). The van der Waals surface area contributed by atoms with Crippen molar-refractivity contribution >= 4 is 17.8 Å². The lowest BCUT2D eigenvalue weighted by Crippen LogP contribution is -2.43. The number of esters is 1. The van der Waals surface area contributed by atoms with E-state index in [4.69, 9.17) is 18.9 Å². The smallest absolute Gasteiger partial charge is 0.410 e. The summed E-state index contributed by atoms with van der Waals surface area (Å²) in [5, 5.41) is 0. The molecule has 1 aromatic carbocycles. The van der Waals surface area contributed by atoms with Crippen molar-refractivity contribution < 1.29 is 33.3 Å². The van der Waals surface area contributed by atoms with Gasteiger partial charge >= 0.3 is 12.1 Å². The Morgan fingerprint density at radius 1 is 1.03 bits per heavy atom. The van der Waals surface area contributed by atoms with Crippen molar-refractivity contribution in [2.75, 3.05) is 33.9 Å². The summed E-state index contributed by atoms with van der Waals surface area (Å²) in [4.78, 5) is 38.3. The molecular weight excluding hydrogens is 378 g/mol. The fourth-order valence-electron chi connectivity index (χ4n) is 2.97. The number of benzene rings is 1. The third-order valence-corrected chi connectivity index (χ3v) is 4.53. The van der Waals surface area contributed by atoms with Crippen LogP contribution in [0.25, 0.3) is 0 Å². The molecule has 1 heterocycles. The first-order valence-corrected chi connectivity index (χ1v) is 9.54. The third kappa shape index (κ3) is 6.37. The Morgan fingerprint density at radius 3 is 2.21 bits per heavy atom. The highest BCUT2D eigenvalue weighted by molar-refractivity contribution is 5.98. The minimum Gasteiger partial charge on any atom is -0.493 e. The van der Waals surface area contributed by atoms with E-state index in [2.05, 4.69) is 0 Å². The summed E-state index contributed by atoms with van der Waals surface area (Å²) in [7, 11) is 2.99. The number of hydrogen-bond acceptors (Lipinski definition) is 7. The molecule has 0 N–H and O–H groups in total. The number of carbonyl (C=O) groups is 3. The van der Waals surface area contributed by atoms with Crippen LogP contribution < -0.4 is 9.47 Å². The minimum atomic E-state index is -0.558. The summed E-state index contributed by atoms with van der Waals surface area (Å²) in [5.41, 5.74) is -0.188. The molecule has 1 aromatic rings. The lowest BCUT2D eigenvalue weighted by atomic mass is 9.97. The van der Waals surface area contributed by atoms with E-state index in [1.165, 1.54) is 14.2 Å². The highest BCUT2D eigenvalue weighted by atomic mass is 16.6. The van der Waals surface area contributed by atoms with E-state index in [9.17, 15) is 14.4 Å². The van der Waals surface area contributed by atoms with Crippen molar-refractivity contribution in [2.24, 2.45) is 5.92 Å². The van der Waals surface area contributed by atoms with Crippen molar-refractivity contribution in [1.29, 1.82) is 0 Å². The molecule has 0 bridgehead atoms. The molecule has 0 spiro atoms. The lowest BCUT2D eigenvalue weighted by Gasteiger charge is -2.32. The van der Waals surface area contributed by atoms with E-state index in [0.29, 0.717) is 43.0 Å². The van der Waals surface area contributed by atoms with Crippen LogP contribution in [0.1, 0.15) is 44.0 Å². The molecule has 0 aliphatic carbocycles. The molecule has 0 saturated carbocycles. The van der Waals surface area contributed by atoms with E-state index in [-0.39, 0.29) is 24.4 Å². The number of rotatable bonds is 6. The Kier molecular flexibility index (Phi) is 7.47. The van der Waals surface area contributed by atoms with Gasteiger partial charge in [-0.3, -0.25) is 9.59 Å². The van der Waals surface area contributed by atoms with E-state index in [0.717, 1.165) is 0 Å². The molecule has 0 radical (unpaired) electrons. The molecule has 1 amide bonds. The van der Waals surface area contributed by atoms with Crippen molar-refractivity contribution in [1.82, 2.24) is 4.90 Å². The van der Waals surface area contributed by atoms with Gasteiger partial charge in [0.15, 0.2) is 23.9 Å². The number of likely N-dealkylation sites (tertiary alicyclic amines) is 1. The molecule has 8 nitrogen and oxygen atoms in total. The van der Waals surface area contributed by atoms with E-state index in [1.54, 1.807) is 23.1 Å². The molecule has 29 heavy (non-hydrogen) atoms. The average molecular weight is 407 g/mol. The number of amides is 1. The maximum atomic E-state index is 12.3. The Balaban J connectivity index is 1.83. The van der Waals surface area contributed by atoms with Crippen molar-refractivity contribution in [3.63, 3.8) is 0 Å². The number of methoxy groups -OCH3 is 2. The molecule has 8 heteroatoms. The van der Waals surface area contributed by atoms with Gasteiger partial charge in [0.05, 0.1) is 20.1 Å². The number of Topliss-reactive ketones (excluding diaryl/α,β-unsaturated/α-hetero) is 1. The molecule has 0 aromatic heterocycles. The Morgan fingerprint density at radius 2 is 1.66 bits per heavy atom. The summed E-state index contributed by atoms with van der Waals surface area (Å²) < 4.78 is 20.9. The molecule has 1 aliphatic rings. The van der Waals surface area contributed by atoms with Crippen LogP contribution in [0, 0.1) is 5.92 Å². The van der Waals surface area contributed by atoms with Crippen LogP contribution in [-0.4, -0.2) is 62.3 Å². The second-order valence-corrected chi connectivity index (χ2v) is 7.84. The normalized spacial score (nSPS) is 14.9.